The van der Waals surface area contributed by atoms with Crippen molar-refractivity contribution in [1.29, 1.82) is 0 Å². The van der Waals surface area contributed by atoms with E-state index >= 15 is 0 Å². The van der Waals surface area contributed by atoms with Crippen LogP contribution in [0.4, 0.5) is 5.82 Å². The van der Waals surface area contributed by atoms with Crippen LogP contribution in [0.2, 0.25) is 0 Å². The molecular formula is C19H25N5O. The molecule has 1 amide bonds. The normalized spacial score (nSPS) is 18.6. The van der Waals surface area contributed by atoms with Crippen molar-refractivity contribution in [3.8, 4) is 11.3 Å². The fraction of sp³-hybridized carbons (Fsp3) is 0.474. The molecule has 0 saturated carbocycles. The Hall–Kier alpha value is -2.50. The number of pyridine rings is 1. The summed E-state index contributed by atoms with van der Waals surface area (Å²) in [5.74, 6) is 0.996. The average molecular weight is 339 g/mol. The lowest BCUT2D eigenvalue weighted by Gasteiger charge is -2.33. The van der Waals surface area contributed by atoms with E-state index in [1.165, 1.54) is 0 Å². The Labute approximate surface area is 148 Å². The van der Waals surface area contributed by atoms with Gasteiger partial charge in [-0.1, -0.05) is 6.92 Å². The molecule has 1 aliphatic heterocycles. The molecule has 0 aromatic carbocycles. The van der Waals surface area contributed by atoms with Crippen molar-refractivity contribution in [2.24, 2.45) is 5.92 Å². The molecule has 2 unspecified atom stereocenters. The molecule has 132 valence electrons. The molecule has 6 nitrogen and oxygen atoms in total. The highest BCUT2D eigenvalue weighted by atomic mass is 16.2. The summed E-state index contributed by atoms with van der Waals surface area (Å²) in [7, 11) is 0. The number of nitrogens with one attached hydrogen (secondary N) is 1. The molecule has 6 heteroatoms. The van der Waals surface area contributed by atoms with Gasteiger partial charge >= 0.3 is 0 Å². The maximum atomic E-state index is 12.4. The van der Waals surface area contributed by atoms with Crippen molar-refractivity contribution in [1.82, 2.24) is 20.5 Å². The van der Waals surface area contributed by atoms with E-state index in [0.717, 1.165) is 42.9 Å². The summed E-state index contributed by atoms with van der Waals surface area (Å²) in [5, 5.41) is 11.8. The summed E-state index contributed by atoms with van der Waals surface area (Å²) in [6.45, 7) is 5.73. The Morgan fingerprint density at radius 2 is 2.24 bits per heavy atom. The highest BCUT2D eigenvalue weighted by Crippen LogP contribution is 2.23. The van der Waals surface area contributed by atoms with Gasteiger partial charge in [0.2, 0.25) is 5.91 Å². The van der Waals surface area contributed by atoms with Crippen molar-refractivity contribution in [3.63, 3.8) is 0 Å². The van der Waals surface area contributed by atoms with E-state index in [2.05, 4.69) is 32.3 Å². The third-order valence-electron chi connectivity index (χ3n) is 4.72. The van der Waals surface area contributed by atoms with Gasteiger partial charge in [0.1, 0.15) is 0 Å². The van der Waals surface area contributed by atoms with Gasteiger partial charge < -0.3 is 10.2 Å². The third kappa shape index (κ3) is 4.32. The van der Waals surface area contributed by atoms with Gasteiger partial charge in [-0.15, -0.1) is 10.2 Å². The fourth-order valence-electron chi connectivity index (χ4n) is 3.02. The molecule has 2 aromatic heterocycles. The predicted molar refractivity (Wildman–Crippen MR) is 98.1 cm³/mol. The standard InChI is InChI=1S/C19H25N5O/c1-3-14(2)21-19(25)16-7-5-11-24(13-16)18-9-8-17(22-23-18)15-6-4-10-20-12-15/h4,6,8-10,12,14,16H,3,5,7,11,13H2,1-2H3,(H,21,25). The van der Waals surface area contributed by atoms with Crippen molar-refractivity contribution in [2.45, 2.75) is 39.2 Å². The van der Waals surface area contributed by atoms with Gasteiger partial charge in [0, 0.05) is 37.1 Å². The molecule has 1 N–H and O–H groups in total. The summed E-state index contributed by atoms with van der Waals surface area (Å²) in [4.78, 5) is 18.7. The van der Waals surface area contributed by atoms with Crippen LogP contribution in [0.15, 0.2) is 36.7 Å². The lowest BCUT2D eigenvalue weighted by Crippen LogP contribution is -2.45. The van der Waals surface area contributed by atoms with Crippen LogP contribution in [0.1, 0.15) is 33.1 Å². The molecule has 0 spiro atoms. The zero-order chi connectivity index (χ0) is 17.6. The first-order valence-electron chi connectivity index (χ1n) is 8.97. The summed E-state index contributed by atoms with van der Waals surface area (Å²) in [6.07, 6.45) is 6.39. The summed E-state index contributed by atoms with van der Waals surface area (Å²) < 4.78 is 0. The van der Waals surface area contributed by atoms with E-state index in [1.54, 1.807) is 12.4 Å². The number of rotatable bonds is 5. The molecule has 25 heavy (non-hydrogen) atoms. The monoisotopic (exact) mass is 339 g/mol. The average Bonchev–Trinajstić information content (AvgIpc) is 2.68. The van der Waals surface area contributed by atoms with Crippen LogP contribution in [-0.4, -0.2) is 40.2 Å². The minimum Gasteiger partial charge on any atom is -0.354 e. The summed E-state index contributed by atoms with van der Waals surface area (Å²) in [6, 6.07) is 8.01. The molecule has 0 radical (unpaired) electrons. The zero-order valence-corrected chi connectivity index (χ0v) is 14.9. The molecule has 1 aliphatic rings. The minimum absolute atomic E-state index is 0.0162. The van der Waals surface area contributed by atoms with Crippen molar-refractivity contribution >= 4 is 11.7 Å². The Kier molecular flexibility index (Phi) is 5.58. The van der Waals surface area contributed by atoms with Crippen LogP contribution in [0.5, 0.6) is 0 Å². The number of carbonyl (C=O) groups is 1. The molecule has 2 aromatic rings. The Bertz CT molecular complexity index is 689. The highest BCUT2D eigenvalue weighted by Gasteiger charge is 2.27. The minimum atomic E-state index is 0.0162. The Balaban J connectivity index is 1.66. The van der Waals surface area contributed by atoms with Crippen LogP contribution >= 0.6 is 0 Å². The summed E-state index contributed by atoms with van der Waals surface area (Å²) >= 11 is 0. The van der Waals surface area contributed by atoms with E-state index in [4.69, 9.17) is 0 Å². The van der Waals surface area contributed by atoms with E-state index < -0.39 is 0 Å². The number of aromatic nitrogens is 3. The van der Waals surface area contributed by atoms with E-state index in [9.17, 15) is 4.79 Å². The third-order valence-corrected chi connectivity index (χ3v) is 4.72. The van der Waals surface area contributed by atoms with Gasteiger partial charge in [-0.2, -0.15) is 0 Å². The lowest BCUT2D eigenvalue weighted by atomic mass is 9.96. The molecule has 1 saturated heterocycles. The van der Waals surface area contributed by atoms with Crippen LogP contribution < -0.4 is 10.2 Å². The molecule has 3 heterocycles. The Morgan fingerprint density at radius 3 is 2.92 bits per heavy atom. The smallest absolute Gasteiger partial charge is 0.225 e. The molecule has 1 fully saturated rings. The van der Waals surface area contributed by atoms with Gasteiger partial charge in [-0.3, -0.25) is 9.78 Å². The van der Waals surface area contributed by atoms with Crippen molar-refractivity contribution in [2.75, 3.05) is 18.0 Å². The highest BCUT2D eigenvalue weighted by molar-refractivity contribution is 5.79. The number of amides is 1. The molecular weight excluding hydrogens is 314 g/mol. The second-order valence-electron chi connectivity index (χ2n) is 6.62. The van der Waals surface area contributed by atoms with Gasteiger partial charge in [0.25, 0.3) is 0 Å². The molecule has 3 rings (SSSR count). The van der Waals surface area contributed by atoms with Crippen LogP contribution in [0.25, 0.3) is 11.3 Å². The number of hydrogen-bond acceptors (Lipinski definition) is 5. The first kappa shape index (κ1) is 17.3. The number of anilines is 1. The fourth-order valence-corrected chi connectivity index (χ4v) is 3.02. The van der Waals surface area contributed by atoms with Gasteiger partial charge in [-0.25, -0.2) is 0 Å². The van der Waals surface area contributed by atoms with E-state index in [-0.39, 0.29) is 17.9 Å². The number of carbonyl (C=O) groups excluding carboxylic acids is 1. The predicted octanol–water partition coefficient (Wildman–Crippen LogP) is 2.67. The second-order valence-corrected chi connectivity index (χ2v) is 6.62. The second kappa shape index (κ2) is 8.05. The van der Waals surface area contributed by atoms with E-state index in [1.807, 2.05) is 31.2 Å². The molecule has 0 aliphatic carbocycles. The maximum Gasteiger partial charge on any atom is 0.225 e. The summed E-state index contributed by atoms with van der Waals surface area (Å²) in [5.41, 5.74) is 1.76. The number of hydrogen-bond donors (Lipinski definition) is 1. The van der Waals surface area contributed by atoms with Crippen LogP contribution in [0.3, 0.4) is 0 Å². The molecule has 2 atom stereocenters. The number of nitrogens with zero attached hydrogens (tertiary/aromatic N) is 4. The zero-order valence-electron chi connectivity index (χ0n) is 14.9. The topological polar surface area (TPSA) is 71.0 Å². The van der Waals surface area contributed by atoms with Crippen LogP contribution in [-0.2, 0) is 4.79 Å². The van der Waals surface area contributed by atoms with Crippen molar-refractivity contribution < 1.29 is 4.79 Å². The first-order chi connectivity index (χ1) is 12.2. The largest absolute Gasteiger partial charge is 0.354 e. The SMILES string of the molecule is CCC(C)NC(=O)C1CCCN(c2ccc(-c3cccnc3)nn2)C1. The lowest BCUT2D eigenvalue weighted by molar-refractivity contribution is -0.125. The van der Waals surface area contributed by atoms with E-state index in [0.29, 0.717) is 6.54 Å². The maximum absolute atomic E-state index is 12.4. The molecule has 0 bridgehead atoms. The van der Waals surface area contributed by atoms with Gasteiger partial charge in [0.15, 0.2) is 5.82 Å². The Morgan fingerprint density at radius 1 is 1.36 bits per heavy atom. The van der Waals surface area contributed by atoms with Gasteiger partial charge in [-0.05, 0) is 50.5 Å². The number of piperidine rings is 1. The quantitative estimate of drug-likeness (QED) is 0.907. The van der Waals surface area contributed by atoms with Gasteiger partial charge in [0.05, 0.1) is 11.6 Å². The first-order valence-corrected chi connectivity index (χ1v) is 8.97. The van der Waals surface area contributed by atoms with Crippen LogP contribution in [0, 0.1) is 5.92 Å². The van der Waals surface area contributed by atoms with Crippen molar-refractivity contribution in [3.05, 3.63) is 36.7 Å².